The molecule has 0 amide bonds. The minimum absolute atomic E-state index is 0.0347. The van der Waals surface area contributed by atoms with Gasteiger partial charge in [0.15, 0.2) is 5.84 Å². The number of benzene rings is 3. The Morgan fingerprint density at radius 1 is 0.962 bits per heavy atom. The summed E-state index contributed by atoms with van der Waals surface area (Å²) in [5.74, 6) is -0.166. The molecule has 0 saturated heterocycles. The highest BCUT2D eigenvalue weighted by Crippen LogP contribution is 2.35. The maximum absolute atomic E-state index is 10.0. The molecule has 0 fully saturated rings. The largest absolute Gasteiger partial charge is 0.507 e. The van der Waals surface area contributed by atoms with Crippen LogP contribution in [0.2, 0.25) is 0 Å². The summed E-state index contributed by atoms with van der Waals surface area (Å²) in [7, 11) is 0. The lowest BCUT2D eigenvalue weighted by atomic mass is 9.91. The first kappa shape index (κ1) is 17.3. The maximum Gasteiger partial charge on any atom is 0.173 e. The van der Waals surface area contributed by atoms with Crippen LogP contribution >= 0.6 is 0 Å². The summed E-state index contributed by atoms with van der Waals surface area (Å²) < 4.78 is 0. The van der Waals surface area contributed by atoms with Crippen molar-refractivity contribution in [3.05, 3.63) is 90.5 Å². The maximum atomic E-state index is 10.0. The quantitative estimate of drug-likeness (QED) is 0.209. The summed E-state index contributed by atoms with van der Waals surface area (Å²) in [6, 6.07) is 21.4. The van der Waals surface area contributed by atoms with E-state index in [1.54, 1.807) is 12.1 Å². The first-order valence-corrected chi connectivity index (χ1v) is 8.24. The molecule has 0 heterocycles. The van der Waals surface area contributed by atoms with Crippen molar-refractivity contribution < 1.29 is 10.3 Å². The van der Waals surface area contributed by atoms with E-state index in [2.05, 4.69) is 42.1 Å². The Labute approximate surface area is 152 Å². The minimum atomic E-state index is -0.132. The number of phenols is 1. The molecule has 3 aromatic carbocycles. The van der Waals surface area contributed by atoms with Gasteiger partial charge in [0, 0.05) is 0 Å². The monoisotopic (exact) mass is 344 g/mol. The minimum Gasteiger partial charge on any atom is -0.507 e. The first-order chi connectivity index (χ1) is 12.6. The number of oxime groups is 1. The van der Waals surface area contributed by atoms with E-state index >= 15 is 0 Å². The molecule has 0 bridgehead atoms. The fourth-order valence-electron chi connectivity index (χ4n) is 2.96. The van der Waals surface area contributed by atoms with E-state index < -0.39 is 0 Å². The van der Waals surface area contributed by atoms with E-state index in [0.717, 1.165) is 34.2 Å². The van der Waals surface area contributed by atoms with E-state index in [9.17, 15) is 5.11 Å². The molecule has 0 aliphatic rings. The van der Waals surface area contributed by atoms with Gasteiger partial charge in [-0.15, -0.1) is 6.58 Å². The van der Waals surface area contributed by atoms with Crippen molar-refractivity contribution in [1.29, 1.82) is 0 Å². The van der Waals surface area contributed by atoms with Gasteiger partial charge in [0.25, 0.3) is 0 Å². The first-order valence-electron chi connectivity index (χ1n) is 8.24. The molecule has 0 aliphatic carbocycles. The van der Waals surface area contributed by atoms with Crippen LogP contribution in [0, 0.1) is 0 Å². The summed E-state index contributed by atoms with van der Waals surface area (Å²) in [6.07, 6.45) is 2.62. The molecule has 0 radical (unpaired) electrons. The Morgan fingerprint density at radius 2 is 1.73 bits per heavy atom. The Balaban J connectivity index is 2.22. The second-order valence-electron chi connectivity index (χ2n) is 5.96. The molecule has 4 heteroatoms. The van der Waals surface area contributed by atoms with Gasteiger partial charge in [0.05, 0.1) is 5.56 Å². The fourth-order valence-corrected chi connectivity index (χ4v) is 2.96. The standard InChI is InChI=1S/C22H20N2O2/c1-2-6-15-9-11-18(16-7-4-3-5-8-16)19(13-15)17-10-12-21(25)20(14-17)22(23)24-26/h2-5,7-14,25-26H,1,6H2,(H2,23,24). The third-order valence-electron chi connectivity index (χ3n) is 4.24. The van der Waals surface area contributed by atoms with Crippen LogP contribution in [-0.2, 0) is 6.42 Å². The van der Waals surface area contributed by atoms with Crippen LogP contribution in [0.4, 0.5) is 0 Å². The van der Waals surface area contributed by atoms with E-state index in [0.29, 0.717) is 0 Å². The van der Waals surface area contributed by atoms with Crippen molar-refractivity contribution in [3.8, 4) is 28.0 Å². The van der Waals surface area contributed by atoms with Crippen LogP contribution < -0.4 is 5.73 Å². The topological polar surface area (TPSA) is 78.8 Å². The number of rotatable bonds is 5. The lowest BCUT2D eigenvalue weighted by Crippen LogP contribution is -2.13. The van der Waals surface area contributed by atoms with Gasteiger partial charge in [-0.25, -0.2) is 0 Å². The zero-order chi connectivity index (χ0) is 18.5. The molecule has 4 nitrogen and oxygen atoms in total. The molecule has 0 unspecified atom stereocenters. The summed E-state index contributed by atoms with van der Waals surface area (Å²) in [5, 5.41) is 22.0. The molecule has 130 valence electrons. The van der Waals surface area contributed by atoms with E-state index in [-0.39, 0.29) is 17.1 Å². The molecule has 4 N–H and O–H groups in total. The Hall–Kier alpha value is -3.53. The zero-order valence-electron chi connectivity index (χ0n) is 14.3. The Morgan fingerprint density at radius 3 is 2.42 bits per heavy atom. The van der Waals surface area contributed by atoms with Gasteiger partial charge in [-0.05, 0) is 46.4 Å². The number of amidine groups is 1. The van der Waals surface area contributed by atoms with Gasteiger partial charge in [0.1, 0.15) is 5.75 Å². The predicted molar refractivity (Wildman–Crippen MR) is 105 cm³/mol. The summed E-state index contributed by atoms with van der Waals surface area (Å²) in [4.78, 5) is 0. The van der Waals surface area contributed by atoms with Gasteiger partial charge < -0.3 is 16.0 Å². The van der Waals surface area contributed by atoms with Crippen molar-refractivity contribution in [2.75, 3.05) is 0 Å². The molecule has 0 saturated carbocycles. The number of aromatic hydroxyl groups is 1. The van der Waals surface area contributed by atoms with Crippen molar-refractivity contribution >= 4 is 5.84 Å². The number of phenolic OH excluding ortho intramolecular Hbond substituents is 1. The van der Waals surface area contributed by atoms with E-state index in [1.807, 2.05) is 30.3 Å². The van der Waals surface area contributed by atoms with Crippen LogP contribution in [0.1, 0.15) is 11.1 Å². The van der Waals surface area contributed by atoms with Gasteiger partial charge in [-0.2, -0.15) is 0 Å². The third-order valence-corrected chi connectivity index (χ3v) is 4.24. The molecule has 0 atom stereocenters. The lowest BCUT2D eigenvalue weighted by molar-refractivity contribution is 0.318. The molecule has 0 aliphatic heterocycles. The van der Waals surface area contributed by atoms with Gasteiger partial charge >= 0.3 is 0 Å². The molecule has 3 aromatic rings. The SMILES string of the molecule is C=CCc1ccc(-c2ccccc2)c(-c2ccc(O)c(/C(N)=N/O)c2)c1. The number of nitrogens with zero attached hydrogens (tertiary/aromatic N) is 1. The van der Waals surface area contributed by atoms with Crippen LogP contribution in [0.15, 0.2) is 84.5 Å². The fraction of sp³-hybridized carbons (Fsp3) is 0.0455. The average molecular weight is 344 g/mol. The van der Waals surface area contributed by atoms with Crippen molar-refractivity contribution in [3.63, 3.8) is 0 Å². The van der Waals surface area contributed by atoms with Crippen LogP contribution in [0.5, 0.6) is 5.75 Å². The summed E-state index contributed by atoms with van der Waals surface area (Å²) in [5.41, 5.74) is 11.1. The van der Waals surface area contributed by atoms with E-state index in [4.69, 9.17) is 10.9 Å². The highest BCUT2D eigenvalue weighted by Gasteiger charge is 2.13. The predicted octanol–water partition coefficient (Wildman–Crippen LogP) is 4.55. The molecular formula is C22H20N2O2. The van der Waals surface area contributed by atoms with Crippen molar-refractivity contribution in [1.82, 2.24) is 0 Å². The second kappa shape index (κ2) is 7.57. The molecular weight excluding hydrogens is 324 g/mol. The number of hydrogen-bond acceptors (Lipinski definition) is 3. The number of nitrogens with two attached hydrogens (primary N) is 1. The van der Waals surface area contributed by atoms with E-state index in [1.165, 1.54) is 0 Å². The smallest absolute Gasteiger partial charge is 0.173 e. The highest BCUT2D eigenvalue weighted by atomic mass is 16.4. The Kier molecular flexibility index (Phi) is 5.04. The van der Waals surface area contributed by atoms with Crippen LogP contribution in [0.25, 0.3) is 22.3 Å². The highest BCUT2D eigenvalue weighted by molar-refractivity contribution is 6.01. The second-order valence-corrected chi connectivity index (χ2v) is 5.96. The van der Waals surface area contributed by atoms with Gasteiger partial charge in [-0.3, -0.25) is 0 Å². The number of allylic oxidation sites excluding steroid dienone is 1. The van der Waals surface area contributed by atoms with Crippen molar-refractivity contribution in [2.45, 2.75) is 6.42 Å². The van der Waals surface area contributed by atoms with Crippen molar-refractivity contribution in [2.24, 2.45) is 10.9 Å². The summed E-state index contributed by atoms with van der Waals surface area (Å²) >= 11 is 0. The van der Waals surface area contributed by atoms with Gasteiger partial charge in [0.2, 0.25) is 0 Å². The molecule has 0 spiro atoms. The lowest BCUT2D eigenvalue weighted by Gasteiger charge is -2.14. The van der Waals surface area contributed by atoms with Crippen LogP contribution in [0.3, 0.4) is 0 Å². The molecule has 3 rings (SSSR count). The zero-order valence-corrected chi connectivity index (χ0v) is 14.3. The Bertz CT molecular complexity index is 963. The molecule has 0 aromatic heterocycles. The number of hydrogen-bond donors (Lipinski definition) is 3. The summed E-state index contributed by atoms with van der Waals surface area (Å²) in [6.45, 7) is 3.81. The third kappa shape index (κ3) is 3.44. The van der Waals surface area contributed by atoms with Crippen LogP contribution in [-0.4, -0.2) is 16.1 Å². The molecule has 26 heavy (non-hydrogen) atoms. The van der Waals surface area contributed by atoms with Gasteiger partial charge in [-0.1, -0.05) is 65.8 Å². The normalized spacial score (nSPS) is 11.3. The average Bonchev–Trinajstić information content (AvgIpc) is 2.68.